The molecule has 2 aromatic heterocycles. The smallest absolute Gasteiger partial charge is 0.145 e. The lowest BCUT2D eigenvalue weighted by Crippen LogP contribution is -2.09. The highest BCUT2D eigenvalue weighted by atomic mass is 32.1. The van der Waals surface area contributed by atoms with Gasteiger partial charge in [-0.3, -0.25) is 4.57 Å². The Hall–Kier alpha value is -4.21. The first-order chi connectivity index (χ1) is 21.1. The van der Waals surface area contributed by atoms with Crippen LogP contribution < -0.4 is 0 Å². The van der Waals surface area contributed by atoms with E-state index in [-0.39, 0.29) is 11.8 Å². The highest BCUT2D eigenvalue weighted by Gasteiger charge is 2.23. The summed E-state index contributed by atoms with van der Waals surface area (Å²) in [5.74, 6) is 1.48. The molecule has 0 amide bonds. The van der Waals surface area contributed by atoms with E-state index in [1.807, 2.05) is 18.2 Å². The molecule has 3 heteroatoms. The van der Waals surface area contributed by atoms with Crippen LogP contribution in [0.3, 0.4) is 0 Å². The molecule has 0 aliphatic rings. The number of rotatable bonds is 5. The summed E-state index contributed by atoms with van der Waals surface area (Å²) in [7, 11) is 0. The molecule has 0 saturated heterocycles. The number of aryl methyl sites for hydroxylation is 1. The fraction of sp³-hybridized carbons (Fsp3) is 0.184. The van der Waals surface area contributed by atoms with Crippen LogP contribution in [0.4, 0.5) is 0 Å². The first-order valence-electron chi connectivity index (χ1n) is 15.8. The third-order valence-corrected chi connectivity index (χ3v) is 9.17. The SMILES string of the molecule is [2H]C([2H])([2H])c1ccc2c(c1)sc1ccc(-c3nc4ccccc4n3-c3c(C(C)C)cc(-c4ccccc4)cc3C(C)C)cc12. The summed E-state index contributed by atoms with van der Waals surface area (Å²) in [5, 5.41) is 2.19. The number of benzene rings is 5. The molecule has 2 nitrogen and oxygen atoms in total. The van der Waals surface area contributed by atoms with Crippen LogP contribution in [0.25, 0.3) is 59.4 Å². The van der Waals surface area contributed by atoms with E-state index in [9.17, 15) is 0 Å². The fourth-order valence-electron chi connectivity index (χ4n) is 5.98. The second-order valence-corrected chi connectivity index (χ2v) is 12.5. The van der Waals surface area contributed by atoms with Crippen LogP contribution in [0.1, 0.15) is 60.3 Å². The maximum absolute atomic E-state index is 7.87. The van der Waals surface area contributed by atoms with E-state index in [1.165, 1.54) is 27.9 Å². The van der Waals surface area contributed by atoms with E-state index in [2.05, 4.69) is 111 Å². The highest BCUT2D eigenvalue weighted by molar-refractivity contribution is 7.25. The Kier molecular flexibility index (Phi) is 5.49. The fourth-order valence-corrected chi connectivity index (χ4v) is 7.10. The monoisotopic (exact) mass is 553 g/mol. The van der Waals surface area contributed by atoms with Gasteiger partial charge in [-0.2, -0.15) is 0 Å². The Morgan fingerprint density at radius 3 is 2.12 bits per heavy atom. The molecule has 0 unspecified atom stereocenters. The number of thiophene rings is 1. The topological polar surface area (TPSA) is 17.8 Å². The van der Waals surface area contributed by atoms with Crippen molar-refractivity contribution in [1.82, 2.24) is 9.55 Å². The molecule has 5 aromatic carbocycles. The number of para-hydroxylation sites is 2. The predicted octanol–water partition coefficient (Wildman–Crippen LogP) is 11.3. The van der Waals surface area contributed by atoms with E-state index >= 15 is 0 Å². The van der Waals surface area contributed by atoms with Crippen molar-refractivity contribution < 1.29 is 4.11 Å². The molecule has 0 aliphatic carbocycles. The molecule has 0 N–H and O–H groups in total. The molecule has 7 aromatic rings. The largest absolute Gasteiger partial charge is 0.292 e. The number of imidazole rings is 1. The summed E-state index contributed by atoms with van der Waals surface area (Å²) in [4.78, 5) is 5.25. The average molecular weight is 554 g/mol. The molecule has 202 valence electrons. The third kappa shape index (κ3) is 4.36. The lowest BCUT2D eigenvalue weighted by molar-refractivity contribution is 0.811. The molecular formula is C38H34N2S. The quantitative estimate of drug-likeness (QED) is 0.207. The zero-order valence-corrected chi connectivity index (χ0v) is 24.6. The lowest BCUT2D eigenvalue weighted by Gasteiger charge is -2.24. The maximum Gasteiger partial charge on any atom is 0.145 e. The van der Waals surface area contributed by atoms with Gasteiger partial charge in [0.1, 0.15) is 5.82 Å². The third-order valence-electron chi connectivity index (χ3n) is 8.03. The van der Waals surface area contributed by atoms with Gasteiger partial charge in [-0.1, -0.05) is 82.3 Å². The number of aromatic nitrogens is 2. The number of nitrogens with zero attached hydrogens (tertiary/aromatic N) is 2. The highest BCUT2D eigenvalue weighted by Crippen LogP contribution is 2.42. The minimum absolute atomic E-state index is 0.288. The first kappa shape index (κ1) is 22.5. The van der Waals surface area contributed by atoms with Crippen molar-refractivity contribution >= 4 is 42.5 Å². The van der Waals surface area contributed by atoms with Crippen molar-refractivity contribution in [2.75, 3.05) is 0 Å². The summed E-state index contributed by atoms with van der Waals surface area (Å²) in [5.41, 5.74) is 9.68. The zero-order valence-electron chi connectivity index (χ0n) is 26.8. The molecule has 2 heterocycles. The van der Waals surface area contributed by atoms with Gasteiger partial charge in [-0.05, 0) is 95.0 Å². The van der Waals surface area contributed by atoms with Crippen molar-refractivity contribution in [3.63, 3.8) is 0 Å². The zero-order chi connectivity index (χ0) is 30.7. The van der Waals surface area contributed by atoms with Crippen molar-refractivity contribution in [2.24, 2.45) is 0 Å². The van der Waals surface area contributed by atoms with Crippen molar-refractivity contribution in [3.05, 3.63) is 120 Å². The van der Waals surface area contributed by atoms with Gasteiger partial charge in [0.15, 0.2) is 0 Å². The molecule has 0 fully saturated rings. The predicted molar refractivity (Wildman–Crippen MR) is 178 cm³/mol. The van der Waals surface area contributed by atoms with E-state index < -0.39 is 6.85 Å². The molecule has 0 radical (unpaired) electrons. The molecule has 41 heavy (non-hydrogen) atoms. The maximum atomic E-state index is 7.87. The second kappa shape index (κ2) is 10.0. The van der Waals surface area contributed by atoms with Crippen molar-refractivity contribution in [3.8, 4) is 28.2 Å². The standard InChI is InChI=1S/C38H34N2S/c1-23(2)30-21-28(26-11-7-6-8-12-26)22-31(24(3)4)37(30)40-34-14-10-9-13-33(34)39-38(40)27-16-18-35-32(20-27)29-17-15-25(5)19-36(29)41-35/h6-24H,1-5H3/i5D3. The van der Waals surface area contributed by atoms with Crippen LogP contribution >= 0.6 is 11.3 Å². The Morgan fingerprint density at radius 1 is 0.659 bits per heavy atom. The van der Waals surface area contributed by atoms with Crippen molar-refractivity contribution in [1.29, 1.82) is 0 Å². The first-order valence-corrected chi connectivity index (χ1v) is 15.1. The van der Waals surface area contributed by atoms with E-state index in [4.69, 9.17) is 9.10 Å². The van der Waals surface area contributed by atoms with Crippen LogP contribution in [-0.4, -0.2) is 9.55 Å². The molecular weight excluding hydrogens is 516 g/mol. The minimum atomic E-state index is -2.13. The lowest BCUT2D eigenvalue weighted by atomic mass is 9.88. The molecule has 0 saturated carbocycles. The van der Waals surface area contributed by atoms with Gasteiger partial charge >= 0.3 is 0 Å². The van der Waals surface area contributed by atoms with Crippen LogP contribution in [0.2, 0.25) is 0 Å². The molecule has 0 atom stereocenters. The molecule has 0 spiro atoms. The number of hydrogen-bond donors (Lipinski definition) is 0. The van der Waals surface area contributed by atoms with Crippen LogP contribution in [0, 0.1) is 6.85 Å². The van der Waals surface area contributed by atoms with E-state index in [1.54, 1.807) is 17.4 Å². The second-order valence-electron chi connectivity index (χ2n) is 11.5. The van der Waals surface area contributed by atoms with Crippen molar-refractivity contribution in [2.45, 2.75) is 46.4 Å². The summed E-state index contributed by atoms with van der Waals surface area (Å²) in [6.07, 6.45) is 0. The van der Waals surface area contributed by atoms with Crippen LogP contribution in [0.15, 0.2) is 103 Å². The summed E-state index contributed by atoms with van der Waals surface area (Å²) >= 11 is 1.64. The van der Waals surface area contributed by atoms with Gasteiger partial charge in [-0.15, -0.1) is 11.3 Å². The number of fused-ring (bicyclic) bond motifs is 4. The Bertz CT molecular complexity index is 2140. The molecule has 7 rings (SSSR count). The Labute approximate surface area is 250 Å². The summed E-state index contributed by atoms with van der Waals surface area (Å²) in [6, 6.07) is 35.8. The van der Waals surface area contributed by atoms with Gasteiger partial charge in [-0.25, -0.2) is 4.98 Å². The van der Waals surface area contributed by atoms with Gasteiger partial charge < -0.3 is 0 Å². The Balaban J connectivity index is 1.51. The minimum Gasteiger partial charge on any atom is -0.292 e. The van der Waals surface area contributed by atoms with Crippen LogP contribution in [0.5, 0.6) is 0 Å². The van der Waals surface area contributed by atoms with Gasteiger partial charge in [0, 0.05) is 29.8 Å². The van der Waals surface area contributed by atoms with Gasteiger partial charge in [0.05, 0.1) is 16.7 Å². The summed E-state index contributed by atoms with van der Waals surface area (Å²) in [6.45, 7) is 6.96. The van der Waals surface area contributed by atoms with Gasteiger partial charge in [0.25, 0.3) is 0 Å². The Morgan fingerprint density at radius 2 is 1.39 bits per heavy atom. The molecule has 0 bridgehead atoms. The number of hydrogen-bond acceptors (Lipinski definition) is 2. The molecule has 0 aliphatic heterocycles. The van der Waals surface area contributed by atoms with Gasteiger partial charge in [0.2, 0.25) is 0 Å². The normalized spacial score (nSPS) is 13.4. The average Bonchev–Trinajstić information content (AvgIpc) is 3.58. The van der Waals surface area contributed by atoms with E-state index in [0.29, 0.717) is 5.56 Å². The summed E-state index contributed by atoms with van der Waals surface area (Å²) < 4.78 is 28.1. The van der Waals surface area contributed by atoms with E-state index in [0.717, 1.165) is 42.6 Å². The van der Waals surface area contributed by atoms with Crippen LogP contribution in [-0.2, 0) is 0 Å².